The number of pyridine rings is 1. The largest absolute Gasteiger partial charge is 0.310 e. The Morgan fingerprint density at radius 1 is 1.29 bits per heavy atom. The topological polar surface area (TPSA) is 28.2 Å². The van der Waals surface area contributed by atoms with Gasteiger partial charge in [0.2, 0.25) is 0 Å². The summed E-state index contributed by atoms with van der Waals surface area (Å²) in [4.78, 5) is 6.89. The molecule has 92 valence electrons. The van der Waals surface area contributed by atoms with Crippen LogP contribution in [0, 0.1) is 6.92 Å². The molecule has 2 aliphatic rings. The van der Waals surface area contributed by atoms with Gasteiger partial charge < -0.3 is 5.32 Å². The second kappa shape index (κ2) is 4.75. The van der Waals surface area contributed by atoms with Gasteiger partial charge in [-0.1, -0.05) is 6.07 Å². The molecule has 1 unspecified atom stereocenters. The first-order valence-corrected chi connectivity index (χ1v) is 6.69. The van der Waals surface area contributed by atoms with E-state index in [1.165, 1.54) is 37.9 Å². The average Bonchev–Trinajstić information content (AvgIpc) is 3.02. The molecule has 2 fully saturated rings. The van der Waals surface area contributed by atoms with E-state index >= 15 is 0 Å². The molecule has 1 atom stereocenters. The quantitative estimate of drug-likeness (QED) is 0.855. The summed E-state index contributed by atoms with van der Waals surface area (Å²) >= 11 is 0. The molecule has 1 aliphatic heterocycles. The fourth-order valence-corrected chi connectivity index (χ4v) is 2.55. The maximum absolute atomic E-state index is 4.36. The SMILES string of the molecule is Cc1ccc(CN2CCC(NC3CC3)C2)cn1. The number of rotatable bonds is 4. The van der Waals surface area contributed by atoms with E-state index in [9.17, 15) is 0 Å². The van der Waals surface area contributed by atoms with Gasteiger partial charge in [-0.2, -0.15) is 0 Å². The van der Waals surface area contributed by atoms with Gasteiger partial charge in [0.25, 0.3) is 0 Å². The highest BCUT2D eigenvalue weighted by molar-refractivity contribution is 5.13. The number of hydrogen-bond acceptors (Lipinski definition) is 3. The van der Waals surface area contributed by atoms with Crippen LogP contribution in [0.4, 0.5) is 0 Å². The van der Waals surface area contributed by atoms with E-state index in [1.807, 2.05) is 13.1 Å². The van der Waals surface area contributed by atoms with Crippen LogP contribution < -0.4 is 5.32 Å². The molecule has 1 aromatic rings. The van der Waals surface area contributed by atoms with E-state index in [0.29, 0.717) is 0 Å². The zero-order valence-electron chi connectivity index (χ0n) is 10.5. The van der Waals surface area contributed by atoms with Gasteiger partial charge in [-0.05, 0) is 37.8 Å². The molecule has 3 nitrogen and oxygen atoms in total. The number of nitrogens with zero attached hydrogens (tertiary/aromatic N) is 2. The Morgan fingerprint density at radius 2 is 2.18 bits per heavy atom. The van der Waals surface area contributed by atoms with Gasteiger partial charge in [0.1, 0.15) is 0 Å². The number of aryl methyl sites for hydroxylation is 1. The minimum Gasteiger partial charge on any atom is -0.310 e. The lowest BCUT2D eigenvalue weighted by molar-refractivity contribution is 0.319. The Bertz CT molecular complexity index is 370. The van der Waals surface area contributed by atoms with Crippen LogP contribution in [0.25, 0.3) is 0 Å². The number of likely N-dealkylation sites (tertiary alicyclic amines) is 1. The number of nitrogens with one attached hydrogen (secondary N) is 1. The van der Waals surface area contributed by atoms with Crippen LogP contribution in [0.1, 0.15) is 30.5 Å². The highest BCUT2D eigenvalue weighted by Gasteiger charge is 2.28. The lowest BCUT2D eigenvalue weighted by Gasteiger charge is -2.16. The van der Waals surface area contributed by atoms with Crippen LogP contribution >= 0.6 is 0 Å². The second-order valence-electron chi connectivity index (χ2n) is 5.47. The van der Waals surface area contributed by atoms with Crippen molar-refractivity contribution in [2.45, 2.75) is 44.8 Å². The molecular formula is C14H21N3. The molecule has 1 aromatic heterocycles. The lowest BCUT2D eigenvalue weighted by atomic mass is 10.2. The van der Waals surface area contributed by atoms with Crippen molar-refractivity contribution < 1.29 is 0 Å². The second-order valence-corrected chi connectivity index (χ2v) is 5.47. The fourth-order valence-electron chi connectivity index (χ4n) is 2.55. The van der Waals surface area contributed by atoms with E-state index in [4.69, 9.17) is 0 Å². The average molecular weight is 231 g/mol. The zero-order valence-corrected chi connectivity index (χ0v) is 10.5. The molecule has 0 aromatic carbocycles. The van der Waals surface area contributed by atoms with Crippen LogP contribution in [-0.2, 0) is 6.54 Å². The van der Waals surface area contributed by atoms with E-state index in [0.717, 1.165) is 24.3 Å². The Kier molecular flexibility index (Phi) is 3.12. The maximum atomic E-state index is 4.36. The van der Waals surface area contributed by atoms with E-state index < -0.39 is 0 Å². The summed E-state index contributed by atoms with van der Waals surface area (Å²) in [5.74, 6) is 0. The maximum Gasteiger partial charge on any atom is 0.0372 e. The minimum absolute atomic E-state index is 0.723. The first-order valence-electron chi connectivity index (χ1n) is 6.69. The van der Waals surface area contributed by atoms with Crippen molar-refractivity contribution in [3.05, 3.63) is 29.6 Å². The summed E-state index contributed by atoms with van der Waals surface area (Å²) in [6, 6.07) is 5.86. The lowest BCUT2D eigenvalue weighted by Crippen LogP contribution is -2.33. The molecule has 1 N–H and O–H groups in total. The third kappa shape index (κ3) is 3.05. The Labute approximate surface area is 103 Å². The monoisotopic (exact) mass is 231 g/mol. The van der Waals surface area contributed by atoms with Crippen LogP contribution in [0.3, 0.4) is 0 Å². The van der Waals surface area contributed by atoms with E-state index in [2.05, 4.69) is 27.3 Å². The molecule has 0 bridgehead atoms. The minimum atomic E-state index is 0.723. The normalized spacial score (nSPS) is 25.4. The Balaban J connectivity index is 1.50. The van der Waals surface area contributed by atoms with Gasteiger partial charge in [0, 0.05) is 43.6 Å². The highest BCUT2D eigenvalue weighted by Crippen LogP contribution is 2.22. The number of aromatic nitrogens is 1. The van der Waals surface area contributed by atoms with Crippen LogP contribution in [-0.4, -0.2) is 35.1 Å². The molecule has 2 heterocycles. The molecule has 17 heavy (non-hydrogen) atoms. The zero-order chi connectivity index (χ0) is 11.7. The van der Waals surface area contributed by atoms with Crippen molar-refractivity contribution >= 4 is 0 Å². The summed E-state index contributed by atoms with van der Waals surface area (Å²) in [6.07, 6.45) is 6.09. The van der Waals surface area contributed by atoms with Crippen LogP contribution in [0.2, 0.25) is 0 Å². The fraction of sp³-hybridized carbons (Fsp3) is 0.643. The molecule has 1 saturated carbocycles. The van der Waals surface area contributed by atoms with Crippen molar-refractivity contribution in [1.82, 2.24) is 15.2 Å². The van der Waals surface area contributed by atoms with Crippen LogP contribution in [0.15, 0.2) is 18.3 Å². The van der Waals surface area contributed by atoms with Crippen molar-refractivity contribution in [1.29, 1.82) is 0 Å². The standard InChI is InChI=1S/C14H21N3/c1-11-2-3-12(8-15-11)9-17-7-6-14(10-17)16-13-4-5-13/h2-3,8,13-14,16H,4-7,9-10H2,1H3. The number of hydrogen-bond donors (Lipinski definition) is 1. The first-order chi connectivity index (χ1) is 8.29. The molecule has 0 spiro atoms. The molecular weight excluding hydrogens is 210 g/mol. The molecule has 1 aliphatic carbocycles. The molecule has 0 radical (unpaired) electrons. The Morgan fingerprint density at radius 3 is 2.88 bits per heavy atom. The van der Waals surface area contributed by atoms with E-state index in [1.54, 1.807) is 0 Å². The van der Waals surface area contributed by atoms with Crippen molar-refractivity contribution in [3.8, 4) is 0 Å². The summed E-state index contributed by atoms with van der Waals surface area (Å²) in [5.41, 5.74) is 2.44. The molecule has 3 rings (SSSR count). The predicted octanol–water partition coefficient (Wildman–Crippen LogP) is 1.72. The van der Waals surface area contributed by atoms with E-state index in [-0.39, 0.29) is 0 Å². The van der Waals surface area contributed by atoms with Crippen molar-refractivity contribution in [2.24, 2.45) is 0 Å². The van der Waals surface area contributed by atoms with Crippen LogP contribution in [0.5, 0.6) is 0 Å². The third-order valence-corrected chi connectivity index (χ3v) is 3.70. The summed E-state index contributed by atoms with van der Waals surface area (Å²) in [7, 11) is 0. The van der Waals surface area contributed by atoms with Crippen molar-refractivity contribution in [3.63, 3.8) is 0 Å². The third-order valence-electron chi connectivity index (χ3n) is 3.70. The highest BCUT2D eigenvalue weighted by atomic mass is 15.2. The summed E-state index contributed by atoms with van der Waals surface area (Å²) < 4.78 is 0. The molecule has 0 amide bonds. The smallest absolute Gasteiger partial charge is 0.0372 e. The Hall–Kier alpha value is -0.930. The van der Waals surface area contributed by atoms with Gasteiger partial charge in [-0.3, -0.25) is 9.88 Å². The van der Waals surface area contributed by atoms with Gasteiger partial charge in [-0.15, -0.1) is 0 Å². The first kappa shape index (κ1) is 11.2. The predicted molar refractivity (Wildman–Crippen MR) is 68.8 cm³/mol. The van der Waals surface area contributed by atoms with Gasteiger partial charge in [0.05, 0.1) is 0 Å². The van der Waals surface area contributed by atoms with Gasteiger partial charge in [0.15, 0.2) is 0 Å². The van der Waals surface area contributed by atoms with Crippen molar-refractivity contribution in [2.75, 3.05) is 13.1 Å². The summed E-state index contributed by atoms with van der Waals surface area (Å²) in [6.45, 7) is 5.51. The summed E-state index contributed by atoms with van der Waals surface area (Å²) in [5, 5.41) is 3.72. The van der Waals surface area contributed by atoms with Gasteiger partial charge >= 0.3 is 0 Å². The molecule has 1 saturated heterocycles. The molecule has 3 heteroatoms. The van der Waals surface area contributed by atoms with Gasteiger partial charge in [-0.25, -0.2) is 0 Å².